The Morgan fingerprint density at radius 1 is 1.39 bits per heavy atom. The molecule has 5 heteroatoms. The van der Waals surface area contributed by atoms with Crippen LogP contribution in [0.15, 0.2) is 18.2 Å². The van der Waals surface area contributed by atoms with Gasteiger partial charge in [0.15, 0.2) is 5.78 Å². The minimum atomic E-state index is -0.947. The van der Waals surface area contributed by atoms with Gasteiger partial charge in [-0.05, 0) is 43.4 Å². The smallest absolute Gasteiger partial charge is 0.319 e. The summed E-state index contributed by atoms with van der Waals surface area (Å²) in [7, 11) is 0. The zero-order valence-electron chi connectivity index (χ0n) is 14.1. The summed E-state index contributed by atoms with van der Waals surface area (Å²) in [5.74, 6) is 0.221. The SMILES string of the molecule is CCC(C)C(C)(O)CNC(=O)Nc1ccc2c(c1)C(=O)CCC2. The number of carbonyl (C=O) groups is 2. The first-order valence-electron chi connectivity index (χ1n) is 8.27. The van der Waals surface area contributed by atoms with Crippen LogP contribution < -0.4 is 10.6 Å². The van der Waals surface area contributed by atoms with Crippen molar-refractivity contribution in [1.29, 1.82) is 0 Å². The number of nitrogens with one attached hydrogen (secondary N) is 2. The molecule has 2 atom stereocenters. The zero-order chi connectivity index (χ0) is 17.0. The average Bonchev–Trinajstić information content (AvgIpc) is 2.53. The predicted octanol–water partition coefficient (Wildman–Crippen LogP) is 3.12. The van der Waals surface area contributed by atoms with E-state index in [4.69, 9.17) is 0 Å². The van der Waals surface area contributed by atoms with Gasteiger partial charge in [-0.25, -0.2) is 4.79 Å². The number of Topliss-reactive ketones (excluding diaryl/α,β-unsaturated/α-hetero) is 1. The summed E-state index contributed by atoms with van der Waals surface area (Å²) in [4.78, 5) is 23.9. The second-order valence-corrected chi connectivity index (χ2v) is 6.62. The van der Waals surface area contributed by atoms with E-state index in [0.29, 0.717) is 17.7 Å². The number of benzene rings is 1. The molecule has 126 valence electrons. The third-order valence-electron chi connectivity index (χ3n) is 4.80. The standard InChI is InChI=1S/C18H26N2O3/c1-4-12(2)18(3,23)11-19-17(22)20-14-9-8-13-6-5-7-16(21)15(13)10-14/h8-10,12,23H,4-7,11H2,1-3H3,(H2,19,20,22). The lowest BCUT2D eigenvalue weighted by atomic mass is 9.89. The van der Waals surface area contributed by atoms with Crippen LogP contribution in [0.1, 0.15) is 56.0 Å². The summed E-state index contributed by atoms with van der Waals surface area (Å²) in [5, 5.41) is 15.7. The van der Waals surface area contributed by atoms with E-state index < -0.39 is 5.60 Å². The molecule has 0 radical (unpaired) electrons. The molecule has 0 aromatic heterocycles. The highest BCUT2D eigenvalue weighted by atomic mass is 16.3. The topological polar surface area (TPSA) is 78.4 Å². The first-order valence-corrected chi connectivity index (χ1v) is 8.27. The van der Waals surface area contributed by atoms with Crippen LogP contribution in [0.2, 0.25) is 0 Å². The van der Waals surface area contributed by atoms with Gasteiger partial charge >= 0.3 is 6.03 Å². The lowest BCUT2D eigenvalue weighted by Crippen LogP contribution is -2.46. The minimum Gasteiger partial charge on any atom is -0.388 e. The number of rotatable bonds is 5. The minimum absolute atomic E-state index is 0.0872. The summed E-state index contributed by atoms with van der Waals surface area (Å²) in [5.41, 5.74) is 1.41. The number of aliphatic hydroxyl groups is 1. The summed E-state index contributed by atoms with van der Waals surface area (Å²) >= 11 is 0. The maximum Gasteiger partial charge on any atom is 0.319 e. The van der Waals surface area contributed by atoms with E-state index in [1.54, 1.807) is 13.0 Å². The molecule has 0 spiro atoms. The highest BCUT2D eigenvalue weighted by Crippen LogP contribution is 2.24. The van der Waals surface area contributed by atoms with Crippen molar-refractivity contribution in [3.8, 4) is 0 Å². The maximum absolute atomic E-state index is 12.0. The average molecular weight is 318 g/mol. The Hall–Kier alpha value is -1.88. The molecular formula is C18H26N2O3. The number of hydrogen-bond acceptors (Lipinski definition) is 3. The Morgan fingerprint density at radius 2 is 2.13 bits per heavy atom. The van der Waals surface area contributed by atoms with Gasteiger partial charge in [-0.2, -0.15) is 0 Å². The van der Waals surface area contributed by atoms with Crippen LogP contribution in [0, 0.1) is 5.92 Å². The monoisotopic (exact) mass is 318 g/mol. The fourth-order valence-electron chi connectivity index (χ4n) is 2.75. The van der Waals surface area contributed by atoms with Gasteiger partial charge in [0, 0.05) is 24.2 Å². The van der Waals surface area contributed by atoms with Crippen LogP contribution in [0.4, 0.5) is 10.5 Å². The molecule has 1 aliphatic rings. The highest BCUT2D eigenvalue weighted by Gasteiger charge is 2.27. The van der Waals surface area contributed by atoms with E-state index in [0.717, 1.165) is 24.8 Å². The van der Waals surface area contributed by atoms with Gasteiger partial charge in [-0.15, -0.1) is 0 Å². The second kappa shape index (κ2) is 7.13. The maximum atomic E-state index is 12.0. The Balaban J connectivity index is 1.96. The fraction of sp³-hybridized carbons (Fsp3) is 0.556. The van der Waals surface area contributed by atoms with E-state index in [1.165, 1.54) is 0 Å². The van der Waals surface area contributed by atoms with E-state index in [9.17, 15) is 14.7 Å². The fourth-order valence-corrected chi connectivity index (χ4v) is 2.75. The van der Waals surface area contributed by atoms with E-state index in [1.807, 2.05) is 26.0 Å². The largest absolute Gasteiger partial charge is 0.388 e. The molecule has 0 fully saturated rings. The summed E-state index contributed by atoms with van der Waals surface area (Å²) in [6.07, 6.45) is 3.21. The molecular weight excluding hydrogens is 292 g/mol. The van der Waals surface area contributed by atoms with Crippen molar-refractivity contribution in [2.24, 2.45) is 5.92 Å². The molecule has 0 heterocycles. The molecule has 1 aromatic rings. The number of ketones is 1. The molecule has 1 aromatic carbocycles. The number of urea groups is 1. The van der Waals surface area contributed by atoms with Gasteiger partial charge in [-0.3, -0.25) is 4.79 Å². The molecule has 5 nitrogen and oxygen atoms in total. The lowest BCUT2D eigenvalue weighted by Gasteiger charge is -2.29. The molecule has 0 bridgehead atoms. The van der Waals surface area contributed by atoms with Crippen molar-refractivity contribution in [3.05, 3.63) is 29.3 Å². The van der Waals surface area contributed by atoms with Crippen molar-refractivity contribution < 1.29 is 14.7 Å². The van der Waals surface area contributed by atoms with Crippen LogP contribution in [0.5, 0.6) is 0 Å². The highest BCUT2D eigenvalue weighted by molar-refractivity contribution is 6.00. The number of aryl methyl sites for hydroxylation is 1. The lowest BCUT2D eigenvalue weighted by molar-refractivity contribution is 0.00827. The van der Waals surface area contributed by atoms with Crippen LogP contribution in [-0.4, -0.2) is 29.1 Å². The molecule has 0 saturated carbocycles. The van der Waals surface area contributed by atoms with Crippen LogP contribution in [-0.2, 0) is 6.42 Å². The predicted molar refractivity (Wildman–Crippen MR) is 90.8 cm³/mol. The van der Waals surface area contributed by atoms with E-state index in [-0.39, 0.29) is 24.3 Å². The van der Waals surface area contributed by atoms with Crippen molar-refractivity contribution in [2.75, 3.05) is 11.9 Å². The van der Waals surface area contributed by atoms with E-state index in [2.05, 4.69) is 10.6 Å². The third-order valence-corrected chi connectivity index (χ3v) is 4.80. The number of hydrogen-bond donors (Lipinski definition) is 3. The molecule has 0 saturated heterocycles. The number of fused-ring (bicyclic) bond motifs is 1. The first kappa shape index (κ1) is 17.5. The van der Waals surface area contributed by atoms with Crippen LogP contribution >= 0.6 is 0 Å². The van der Waals surface area contributed by atoms with Gasteiger partial charge in [0.25, 0.3) is 0 Å². The van der Waals surface area contributed by atoms with Gasteiger partial charge in [-0.1, -0.05) is 26.3 Å². The number of carbonyl (C=O) groups excluding carboxylic acids is 2. The molecule has 23 heavy (non-hydrogen) atoms. The normalized spacial score (nSPS) is 17.8. The Kier molecular flexibility index (Phi) is 5.42. The summed E-state index contributed by atoms with van der Waals surface area (Å²) in [6.45, 7) is 5.86. The molecule has 1 aliphatic carbocycles. The van der Waals surface area contributed by atoms with Gasteiger partial charge in [0.05, 0.1) is 5.60 Å². The van der Waals surface area contributed by atoms with Crippen molar-refractivity contribution in [2.45, 2.75) is 52.1 Å². The van der Waals surface area contributed by atoms with Crippen molar-refractivity contribution in [1.82, 2.24) is 5.32 Å². The van der Waals surface area contributed by atoms with Gasteiger partial charge in [0.1, 0.15) is 0 Å². The second-order valence-electron chi connectivity index (χ2n) is 6.62. The summed E-state index contributed by atoms with van der Waals surface area (Å²) < 4.78 is 0. The molecule has 0 aliphatic heterocycles. The molecule has 3 N–H and O–H groups in total. The van der Waals surface area contributed by atoms with Crippen LogP contribution in [0.3, 0.4) is 0 Å². The Labute approximate surface area is 137 Å². The first-order chi connectivity index (χ1) is 10.8. The molecule has 2 rings (SSSR count). The quantitative estimate of drug-likeness (QED) is 0.780. The zero-order valence-corrected chi connectivity index (χ0v) is 14.1. The van der Waals surface area contributed by atoms with Crippen LogP contribution in [0.25, 0.3) is 0 Å². The third kappa shape index (κ3) is 4.32. The summed E-state index contributed by atoms with van der Waals surface area (Å²) in [6, 6.07) is 5.07. The number of amides is 2. The van der Waals surface area contributed by atoms with E-state index >= 15 is 0 Å². The Morgan fingerprint density at radius 3 is 2.83 bits per heavy atom. The van der Waals surface area contributed by atoms with Gasteiger partial charge in [0.2, 0.25) is 0 Å². The van der Waals surface area contributed by atoms with Crippen molar-refractivity contribution >= 4 is 17.5 Å². The molecule has 2 amide bonds. The van der Waals surface area contributed by atoms with Crippen molar-refractivity contribution in [3.63, 3.8) is 0 Å². The number of anilines is 1. The molecule has 2 unspecified atom stereocenters. The Bertz CT molecular complexity index is 596. The van der Waals surface area contributed by atoms with Gasteiger partial charge < -0.3 is 15.7 Å².